The van der Waals surface area contributed by atoms with Crippen LogP contribution in [-0.4, -0.2) is 40.3 Å². The molecule has 6 rings (SSSR count). The van der Waals surface area contributed by atoms with E-state index in [0.717, 1.165) is 24.1 Å². The van der Waals surface area contributed by atoms with E-state index in [-0.39, 0.29) is 29.3 Å². The zero-order valence-electron chi connectivity index (χ0n) is 20.6. The molecule has 2 unspecified atom stereocenters. The van der Waals surface area contributed by atoms with E-state index in [9.17, 15) is 0 Å². The standard InChI is InChI=1S/C25H40BN2O3/c1-9-29-25-14-22(7)11-23(8,15-25)13-24(12-22,16-25)17-28-18(2)19(10-27-28)26-30-20(3,4)21(5,6)31-26/h10H,1,9,11-17H2,2-8H3. The Hall–Kier alpha value is -0.845. The van der Waals surface area contributed by atoms with Gasteiger partial charge in [0.1, 0.15) is 0 Å². The molecule has 2 heterocycles. The van der Waals surface area contributed by atoms with Crippen LogP contribution in [0.25, 0.3) is 0 Å². The van der Waals surface area contributed by atoms with Crippen molar-refractivity contribution in [3.05, 3.63) is 18.8 Å². The summed E-state index contributed by atoms with van der Waals surface area (Å²) in [6, 6.07) is 0. The minimum absolute atomic E-state index is 0.00435. The van der Waals surface area contributed by atoms with Crippen molar-refractivity contribution in [1.82, 2.24) is 9.78 Å². The molecule has 1 saturated heterocycles. The van der Waals surface area contributed by atoms with Gasteiger partial charge in [-0.25, -0.2) is 0 Å². The van der Waals surface area contributed by atoms with E-state index in [0.29, 0.717) is 17.4 Å². The molecular formula is C25H40BN2O3. The van der Waals surface area contributed by atoms with Gasteiger partial charge in [0.25, 0.3) is 0 Å². The first-order valence-electron chi connectivity index (χ1n) is 12.0. The van der Waals surface area contributed by atoms with E-state index in [4.69, 9.17) is 19.1 Å². The summed E-state index contributed by atoms with van der Waals surface area (Å²) in [6.07, 6.45) is 9.32. The molecule has 6 heteroatoms. The van der Waals surface area contributed by atoms with E-state index >= 15 is 0 Å². The summed E-state index contributed by atoms with van der Waals surface area (Å²) >= 11 is 0. The molecule has 4 saturated carbocycles. The minimum atomic E-state index is -0.356. The smallest absolute Gasteiger partial charge is 0.399 e. The largest absolute Gasteiger partial charge is 0.498 e. The minimum Gasteiger partial charge on any atom is -0.399 e. The van der Waals surface area contributed by atoms with E-state index in [1.165, 1.54) is 32.1 Å². The molecule has 1 aromatic heterocycles. The lowest BCUT2D eigenvalue weighted by Crippen LogP contribution is -2.64. The summed E-state index contributed by atoms with van der Waals surface area (Å²) in [5, 5.41) is 4.85. The Balaban J connectivity index is 1.43. The van der Waals surface area contributed by atoms with Gasteiger partial charge < -0.3 is 14.0 Å². The van der Waals surface area contributed by atoms with Gasteiger partial charge in [-0.05, 0) is 96.3 Å². The maximum atomic E-state index is 6.42. The molecule has 4 bridgehead atoms. The Labute approximate surface area is 188 Å². The number of hydrogen-bond acceptors (Lipinski definition) is 4. The highest BCUT2D eigenvalue weighted by molar-refractivity contribution is 6.62. The summed E-state index contributed by atoms with van der Waals surface area (Å²) in [4.78, 5) is 0. The number of aromatic nitrogens is 2. The molecule has 1 aliphatic heterocycles. The van der Waals surface area contributed by atoms with Crippen molar-refractivity contribution in [3.63, 3.8) is 0 Å². The Morgan fingerprint density at radius 2 is 1.55 bits per heavy atom. The van der Waals surface area contributed by atoms with Crippen LogP contribution < -0.4 is 5.46 Å². The highest BCUT2D eigenvalue weighted by atomic mass is 16.7. The second-order valence-electron chi connectivity index (χ2n) is 13.1. The van der Waals surface area contributed by atoms with Gasteiger partial charge in [0, 0.05) is 30.5 Å². The molecule has 1 aromatic rings. The average molecular weight is 427 g/mol. The predicted molar refractivity (Wildman–Crippen MR) is 123 cm³/mol. The summed E-state index contributed by atoms with van der Waals surface area (Å²) in [5.41, 5.74) is 2.48. The van der Waals surface area contributed by atoms with E-state index in [2.05, 4.69) is 60.1 Å². The Kier molecular flexibility index (Phi) is 4.53. The van der Waals surface area contributed by atoms with Gasteiger partial charge in [0.05, 0.1) is 16.8 Å². The van der Waals surface area contributed by atoms with Crippen LogP contribution in [0.15, 0.2) is 6.20 Å². The Bertz CT molecular complexity index is 857. The lowest BCUT2D eigenvalue weighted by atomic mass is 9.39. The van der Waals surface area contributed by atoms with E-state index in [1.54, 1.807) is 0 Å². The second kappa shape index (κ2) is 6.39. The third-order valence-electron chi connectivity index (χ3n) is 9.19. The van der Waals surface area contributed by atoms with Crippen LogP contribution >= 0.6 is 0 Å². The predicted octanol–water partition coefficient (Wildman–Crippen LogP) is 4.46. The molecule has 4 aliphatic carbocycles. The van der Waals surface area contributed by atoms with Crippen LogP contribution in [0.2, 0.25) is 0 Å². The first-order valence-corrected chi connectivity index (χ1v) is 12.0. The monoisotopic (exact) mass is 427 g/mol. The van der Waals surface area contributed by atoms with Crippen molar-refractivity contribution in [2.24, 2.45) is 16.2 Å². The fourth-order valence-electron chi connectivity index (χ4n) is 8.51. The van der Waals surface area contributed by atoms with Gasteiger partial charge in [-0.2, -0.15) is 5.10 Å². The molecule has 171 valence electrons. The summed E-state index contributed by atoms with van der Waals surface area (Å²) < 4.78 is 21.3. The zero-order chi connectivity index (χ0) is 22.5. The molecular weight excluding hydrogens is 387 g/mol. The van der Waals surface area contributed by atoms with E-state index < -0.39 is 0 Å². The molecule has 0 spiro atoms. The third kappa shape index (κ3) is 3.35. The van der Waals surface area contributed by atoms with Crippen LogP contribution in [-0.2, 0) is 20.6 Å². The Morgan fingerprint density at radius 3 is 2.10 bits per heavy atom. The molecule has 2 atom stereocenters. The maximum absolute atomic E-state index is 6.42. The van der Waals surface area contributed by atoms with Crippen LogP contribution in [0.1, 0.15) is 85.8 Å². The normalized spacial score (nSPS) is 42.5. The van der Waals surface area contributed by atoms with Crippen LogP contribution in [0.5, 0.6) is 0 Å². The van der Waals surface area contributed by atoms with Gasteiger partial charge >= 0.3 is 7.12 Å². The van der Waals surface area contributed by atoms with Gasteiger partial charge in [-0.3, -0.25) is 4.68 Å². The fraction of sp³-hybridized carbons (Fsp3) is 0.840. The SMILES string of the molecule is [CH2]COC12CC3(C)CC(C)(CC(Cn4ncc(B5OC(C)(C)C(C)(C)O5)c4C)(C3)C1)C2. The van der Waals surface area contributed by atoms with Gasteiger partial charge in [0.2, 0.25) is 0 Å². The number of ether oxygens (including phenoxy) is 1. The molecule has 5 nitrogen and oxygen atoms in total. The topological polar surface area (TPSA) is 45.5 Å². The molecule has 31 heavy (non-hydrogen) atoms. The fourth-order valence-corrected chi connectivity index (χ4v) is 8.51. The molecule has 0 amide bonds. The van der Waals surface area contributed by atoms with Gasteiger partial charge in [-0.15, -0.1) is 0 Å². The summed E-state index contributed by atoms with van der Waals surface area (Å²) in [7, 11) is -0.356. The van der Waals surface area contributed by atoms with Crippen molar-refractivity contribution in [3.8, 4) is 0 Å². The molecule has 0 aromatic carbocycles. The van der Waals surface area contributed by atoms with Crippen molar-refractivity contribution >= 4 is 12.6 Å². The van der Waals surface area contributed by atoms with E-state index in [1.807, 2.05) is 6.20 Å². The molecule has 5 fully saturated rings. The van der Waals surface area contributed by atoms with Gasteiger partial charge in [-0.1, -0.05) is 13.8 Å². The third-order valence-corrected chi connectivity index (χ3v) is 9.19. The average Bonchev–Trinajstić information content (AvgIpc) is 3.00. The molecule has 0 N–H and O–H groups in total. The first-order chi connectivity index (χ1) is 14.2. The molecule has 5 aliphatic rings. The van der Waals surface area contributed by atoms with Crippen LogP contribution in [0, 0.1) is 30.1 Å². The lowest BCUT2D eigenvalue weighted by Gasteiger charge is -2.69. The van der Waals surface area contributed by atoms with Gasteiger partial charge in [0.15, 0.2) is 0 Å². The summed E-state index contributed by atoms with van der Waals surface area (Å²) in [5.74, 6) is 0. The number of hydrogen-bond donors (Lipinski definition) is 0. The lowest BCUT2D eigenvalue weighted by molar-refractivity contribution is -0.245. The maximum Gasteiger partial charge on any atom is 0.498 e. The van der Waals surface area contributed by atoms with Crippen molar-refractivity contribution in [2.75, 3.05) is 6.61 Å². The second-order valence-corrected chi connectivity index (χ2v) is 13.1. The van der Waals surface area contributed by atoms with Crippen molar-refractivity contribution in [1.29, 1.82) is 0 Å². The highest BCUT2D eigenvalue weighted by Gasteiger charge is 2.66. The van der Waals surface area contributed by atoms with Crippen LogP contribution in [0.3, 0.4) is 0 Å². The first kappa shape index (κ1) is 22.0. The number of nitrogens with zero attached hydrogens (tertiary/aromatic N) is 2. The highest BCUT2D eigenvalue weighted by Crippen LogP contribution is 2.72. The zero-order valence-corrected chi connectivity index (χ0v) is 20.6. The molecule has 1 radical (unpaired) electrons. The summed E-state index contributed by atoms with van der Waals surface area (Å²) in [6.45, 7) is 21.1. The van der Waals surface area contributed by atoms with Crippen molar-refractivity contribution in [2.45, 2.75) is 110 Å². The Morgan fingerprint density at radius 1 is 0.968 bits per heavy atom. The van der Waals surface area contributed by atoms with Crippen LogP contribution in [0.4, 0.5) is 0 Å². The van der Waals surface area contributed by atoms with Crippen molar-refractivity contribution < 1.29 is 14.0 Å². The number of rotatable bonds is 5. The quantitative estimate of drug-likeness (QED) is 0.651.